The molecule has 0 aliphatic carbocycles. The summed E-state index contributed by atoms with van der Waals surface area (Å²) in [4.78, 5) is 3.91. The smallest absolute Gasteiger partial charge is 0.399 e. The van der Waals surface area contributed by atoms with E-state index in [4.69, 9.17) is 5.73 Å². The molecule has 0 spiro atoms. The molecule has 0 aliphatic rings. The van der Waals surface area contributed by atoms with Crippen LogP contribution in [0, 0.1) is 0 Å². The van der Waals surface area contributed by atoms with Crippen molar-refractivity contribution in [1.29, 1.82) is 0 Å². The number of nitrogens with two attached hydrogens (primary N) is 1. The Labute approximate surface area is 55.6 Å². The fourth-order valence-corrected chi connectivity index (χ4v) is 0.315. The minimum Gasteiger partial charge on any atom is -0.399 e. The lowest BCUT2D eigenvalue weighted by Crippen LogP contribution is -2.30. The van der Waals surface area contributed by atoms with Crippen molar-refractivity contribution in [2.75, 3.05) is 13.7 Å². The van der Waals surface area contributed by atoms with Crippen LogP contribution in [0.15, 0.2) is 5.16 Å². The third kappa shape index (κ3) is 2.67. The lowest BCUT2D eigenvalue weighted by Gasteiger charge is -2.05. The molecule has 0 amide bonds. The monoisotopic (exact) mass is 156 g/mol. The molecule has 2 N–H and O–H groups in total. The Balaban J connectivity index is 4.21. The number of halogens is 3. The first kappa shape index (κ1) is 9.22. The lowest BCUT2D eigenvalue weighted by molar-refractivity contribution is -0.0624. The first-order chi connectivity index (χ1) is 4.52. The molecule has 0 atom stereocenters. The number of oxime groups is 1. The minimum atomic E-state index is -4.48. The first-order valence-corrected chi connectivity index (χ1v) is 2.39. The van der Waals surface area contributed by atoms with Crippen molar-refractivity contribution in [2.24, 2.45) is 10.9 Å². The predicted octanol–water partition coefficient (Wildman–Crippen LogP) is 0.510. The zero-order valence-corrected chi connectivity index (χ0v) is 5.27. The van der Waals surface area contributed by atoms with Gasteiger partial charge in [-0.05, 0) is 0 Å². The molecular formula is C4H7F3N2O. The summed E-state index contributed by atoms with van der Waals surface area (Å²) in [6, 6.07) is 0. The van der Waals surface area contributed by atoms with Gasteiger partial charge in [0.05, 0.1) is 0 Å². The predicted molar refractivity (Wildman–Crippen MR) is 29.6 cm³/mol. The van der Waals surface area contributed by atoms with Gasteiger partial charge in [-0.15, -0.1) is 0 Å². The van der Waals surface area contributed by atoms with Crippen molar-refractivity contribution in [3.63, 3.8) is 0 Å². The maximum absolute atomic E-state index is 11.6. The summed E-state index contributed by atoms with van der Waals surface area (Å²) < 4.78 is 34.8. The summed E-state index contributed by atoms with van der Waals surface area (Å²) in [5, 5.41) is 2.68. The number of rotatable bonds is 2. The van der Waals surface area contributed by atoms with Gasteiger partial charge in [0, 0.05) is 6.54 Å². The molecule has 0 rings (SSSR count). The van der Waals surface area contributed by atoms with Gasteiger partial charge in [0.15, 0.2) is 5.71 Å². The first-order valence-electron chi connectivity index (χ1n) is 2.39. The molecule has 0 unspecified atom stereocenters. The number of alkyl halides is 3. The average Bonchev–Trinajstić information content (AvgIpc) is 1.80. The minimum absolute atomic E-state index is 0.669. The Morgan fingerprint density at radius 2 is 2.10 bits per heavy atom. The molecule has 0 bridgehead atoms. The molecule has 6 heteroatoms. The molecule has 0 aliphatic heterocycles. The molecule has 10 heavy (non-hydrogen) atoms. The number of nitrogens with zero attached hydrogens (tertiary/aromatic N) is 1. The largest absolute Gasteiger partial charge is 0.433 e. The second kappa shape index (κ2) is 3.40. The van der Waals surface area contributed by atoms with E-state index in [9.17, 15) is 13.2 Å². The fraction of sp³-hybridized carbons (Fsp3) is 0.750. The molecule has 0 saturated carbocycles. The van der Waals surface area contributed by atoms with Gasteiger partial charge in [0.25, 0.3) is 0 Å². The highest BCUT2D eigenvalue weighted by Crippen LogP contribution is 2.16. The van der Waals surface area contributed by atoms with E-state index >= 15 is 0 Å². The Hall–Kier alpha value is -0.780. The van der Waals surface area contributed by atoms with Crippen LogP contribution in [0.5, 0.6) is 0 Å². The van der Waals surface area contributed by atoms with Gasteiger partial charge in [0.2, 0.25) is 0 Å². The van der Waals surface area contributed by atoms with Crippen LogP contribution >= 0.6 is 0 Å². The Bertz CT molecular complexity index is 131. The van der Waals surface area contributed by atoms with E-state index in [2.05, 4.69) is 9.99 Å². The van der Waals surface area contributed by atoms with E-state index < -0.39 is 18.4 Å². The average molecular weight is 156 g/mol. The van der Waals surface area contributed by atoms with Crippen molar-refractivity contribution in [1.82, 2.24) is 0 Å². The highest BCUT2D eigenvalue weighted by atomic mass is 19.4. The van der Waals surface area contributed by atoms with Crippen molar-refractivity contribution >= 4 is 5.71 Å². The van der Waals surface area contributed by atoms with E-state index in [1.165, 1.54) is 0 Å². The maximum Gasteiger partial charge on any atom is 0.433 e. The summed E-state index contributed by atoms with van der Waals surface area (Å²) >= 11 is 0. The third-order valence-electron chi connectivity index (χ3n) is 0.722. The second-order valence-electron chi connectivity index (χ2n) is 1.42. The van der Waals surface area contributed by atoms with Crippen LogP contribution < -0.4 is 5.73 Å². The molecule has 0 heterocycles. The van der Waals surface area contributed by atoms with E-state index in [1.807, 2.05) is 0 Å². The van der Waals surface area contributed by atoms with Crippen LogP contribution in [0.25, 0.3) is 0 Å². The van der Waals surface area contributed by atoms with Gasteiger partial charge < -0.3 is 10.6 Å². The van der Waals surface area contributed by atoms with Crippen molar-refractivity contribution in [3.05, 3.63) is 0 Å². The summed E-state index contributed by atoms with van der Waals surface area (Å²) in [7, 11) is 1.03. The molecule has 0 aromatic rings. The van der Waals surface area contributed by atoms with Crippen LogP contribution in [0.2, 0.25) is 0 Å². The lowest BCUT2D eigenvalue weighted by atomic mass is 10.4. The highest BCUT2D eigenvalue weighted by Gasteiger charge is 2.35. The van der Waals surface area contributed by atoms with E-state index in [0.717, 1.165) is 7.11 Å². The molecular weight excluding hydrogens is 149 g/mol. The zero-order valence-electron chi connectivity index (χ0n) is 5.27. The van der Waals surface area contributed by atoms with Crippen LogP contribution in [-0.2, 0) is 4.84 Å². The molecule has 0 aromatic carbocycles. The van der Waals surface area contributed by atoms with Gasteiger partial charge in [-0.25, -0.2) is 0 Å². The maximum atomic E-state index is 11.6. The Kier molecular flexibility index (Phi) is 3.14. The van der Waals surface area contributed by atoms with Crippen LogP contribution in [0.3, 0.4) is 0 Å². The van der Waals surface area contributed by atoms with Gasteiger partial charge >= 0.3 is 6.18 Å². The van der Waals surface area contributed by atoms with Crippen LogP contribution in [-0.4, -0.2) is 25.5 Å². The van der Waals surface area contributed by atoms with Crippen molar-refractivity contribution in [2.45, 2.75) is 6.18 Å². The summed E-state index contributed by atoms with van der Waals surface area (Å²) in [5.41, 5.74) is 3.60. The molecule has 60 valence electrons. The van der Waals surface area contributed by atoms with Crippen LogP contribution in [0.4, 0.5) is 13.2 Å². The van der Waals surface area contributed by atoms with E-state index in [1.54, 1.807) is 0 Å². The Morgan fingerprint density at radius 1 is 1.60 bits per heavy atom. The SMILES string of the molecule is CO/N=C(/CN)C(F)(F)F. The van der Waals surface area contributed by atoms with E-state index in [-0.39, 0.29) is 0 Å². The quantitative estimate of drug-likeness (QED) is 0.467. The summed E-state index contributed by atoms with van der Waals surface area (Å²) in [6.45, 7) is -0.669. The van der Waals surface area contributed by atoms with Gasteiger partial charge in [-0.2, -0.15) is 13.2 Å². The van der Waals surface area contributed by atoms with Gasteiger partial charge in [-0.3, -0.25) is 0 Å². The standard InChI is InChI=1S/C4H7F3N2O/c1-10-9-3(2-8)4(5,6)7/h2,8H2,1H3/b9-3-. The number of hydrogen-bond donors (Lipinski definition) is 1. The van der Waals surface area contributed by atoms with Crippen molar-refractivity contribution < 1.29 is 18.0 Å². The fourth-order valence-electron chi connectivity index (χ4n) is 0.315. The summed E-state index contributed by atoms with van der Waals surface area (Å²) in [5.74, 6) is 0. The molecule has 0 saturated heterocycles. The highest BCUT2D eigenvalue weighted by molar-refractivity contribution is 5.90. The summed E-state index contributed by atoms with van der Waals surface area (Å²) in [6.07, 6.45) is -4.48. The second-order valence-corrected chi connectivity index (χ2v) is 1.42. The molecule has 0 fully saturated rings. The van der Waals surface area contributed by atoms with Crippen LogP contribution in [0.1, 0.15) is 0 Å². The Morgan fingerprint density at radius 3 is 2.20 bits per heavy atom. The van der Waals surface area contributed by atoms with E-state index in [0.29, 0.717) is 0 Å². The normalized spacial score (nSPS) is 13.5. The van der Waals surface area contributed by atoms with Gasteiger partial charge in [-0.1, -0.05) is 5.16 Å². The molecule has 3 nitrogen and oxygen atoms in total. The molecule has 0 aromatic heterocycles. The third-order valence-corrected chi connectivity index (χ3v) is 0.722. The molecule has 0 radical (unpaired) electrons. The number of hydrogen-bond acceptors (Lipinski definition) is 3. The zero-order chi connectivity index (χ0) is 8.20. The topological polar surface area (TPSA) is 47.6 Å². The van der Waals surface area contributed by atoms with Crippen molar-refractivity contribution in [3.8, 4) is 0 Å². The van der Waals surface area contributed by atoms with Gasteiger partial charge in [0.1, 0.15) is 7.11 Å².